The molecule has 0 radical (unpaired) electrons. The van der Waals surface area contributed by atoms with E-state index in [0.717, 1.165) is 0 Å². The summed E-state index contributed by atoms with van der Waals surface area (Å²) in [6.07, 6.45) is 0.718. The lowest BCUT2D eigenvalue weighted by Crippen LogP contribution is -2.48. The predicted molar refractivity (Wildman–Crippen MR) is 102 cm³/mol. The molecule has 1 aliphatic heterocycles. The van der Waals surface area contributed by atoms with Crippen LogP contribution in [-0.4, -0.2) is 55.8 Å². The van der Waals surface area contributed by atoms with Gasteiger partial charge < -0.3 is 15.0 Å². The molecule has 0 bridgehead atoms. The first kappa shape index (κ1) is 21.5. The number of nitrogens with zero attached hydrogens (tertiary/aromatic N) is 1. The molecule has 0 aliphatic carbocycles. The Morgan fingerprint density at radius 2 is 1.74 bits per heavy atom. The molecule has 0 aromatic heterocycles. The Morgan fingerprint density at radius 3 is 2.26 bits per heavy atom. The van der Waals surface area contributed by atoms with E-state index in [0.29, 0.717) is 31.0 Å². The topological polar surface area (TPSA) is 92.8 Å². The van der Waals surface area contributed by atoms with Crippen molar-refractivity contribution < 1.29 is 22.7 Å². The van der Waals surface area contributed by atoms with Crippen molar-refractivity contribution >= 4 is 33.4 Å². The second-order valence-corrected chi connectivity index (χ2v) is 9.95. The summed E-state index contributed by atoms with van der Waals surface area (Å²) in [5.41, 5.74) is -0.557. The summed E-state index contributed by atoms with van der Waals surface area (Å²) >= 11 is 5.75. The zero-order valence-electron chi connectivity index (χ0n) is 15.7. The number of benzene rings is 1. The number of halogens is 1. The van der Waals surface area contributed by atoms with Crippen LogP contribution < -0.4 is 5.32 Å². The van der Waals surface area contributed by atoms with E-state index in [-0.39, 0.29) is 17.0 Å². The first-order valence-corrected chi connectivity index (χ1v) is 10.7. The van der Waals surface area contributed by atoms with E-state index in [9.17, 15) is 18.0 Å². The Morgan fingerprint density at radius 1 is 1.19 bits per heavy atom. The Bertz CT molecular complexity index is 779. The fraction of sp³-hybridized carbons (Fsp3) is 0.556. The lowest BCUT2D eigenvalue weighted by Gasteiger charge is -2.33. The molecule has 0 saturated carbocycles. The predicted octanol–water partition coefficient (Wildman–Crippen LogP) is 2.63. The SMILES string of the molecule is CC(C)(C)OC(=O)N1CCC(NC(=O)CS(=O)(=O)c2ccc(Cl)cc2)CC1. The molecule has 0 atom stereocenters. The van der Waals surface area contributed by atoms with Crippen LogP contribution in [0, 0.1) is 0 Å². The Kier molecular flexibility index (Phi) is 6.75. The van der Waals surface area contributed by atoms with Crippen LogP contribution in [0.15, 0.2) is 29.2 Å². The van der Waals surface area contributed by atoms with Crippen LogP contribution in [0.1, 0.15) is 33.6 Å². The molecule has 1 fully saturated rings. The van der Waals surface area contributed by atoms with Gasteiger partial charge in [-0.1, -0.05) is 11.6 Å². The zero-order chi connectivity index (χ0) is 20.2. The Hall–Kier alpha value is -1.80. The smallest absolute Gasteiger partial charge is 0.410 e. The molecule has 2 amide bonds. The fourth-order valence-corrected chi connectivity index (χ4v) is 3.97. The molecule has 150 valence electrons. The average molecular weight is 417 g/mol. The number of carbonyl (C=O) groups is 2. The van der Waals surface area contributed by atoms with E-state index in [1.54, 1.807) is 25.7 Å². The van der Waals surface area contributed by atoms with Crippen LogP contribution in [0.4, 0.5) is 4.79 Å². The van der Waals surface area contributed by atoms with Crippen molar-refractivity contribution in [1.29, 1.82) is 0 Å². The molecule has 1 N–H and O–H groups in total. The largest absolute Gasteiger partial charge is 0.444 e. The minimum Gasteiger partial charge on any atom is -0.444 e. The van der Waals surface area contributed by atoms with Gasteiger partial charge in [0.25, 0.3) is 0 Å². The van der Waals surface area contributed by atoms with E-state index in [4.69, 9.17) is 16.3 Å². The molecule has 1 heterocycles. The van der Waals surface area contributed by atoms with E-state index < -0.39 is 27.1 Å². The second kappa shape index (κ2) is 8.48. The van der Waals surface area contributed by atoms with Crippen LogP contribution in [0.5, 0.6) is 0 Å². The van der Waals surface area contributed by atoms with Gasteiger partial charge in [-0.3, -0.25) is 4.79 Å². The molecule has 1 aliphatic rings. The number of amides is 2. The maximum absolute atomic E-state index is 12.3. The summed E-state index contributed by atoms with van der Waals surface area (Å²) < 4.78 is 29.9. The first-order chi connectivity index (χ1) is 12.5. The summed E-state index contributed by atoms with van der Waals surface area (Å²) in [6.45, 7) is 6.31. The van der Waals surface area contributed by atoms with Gasteiger partial charge in [-0.25, -0.2) is 13.2 Å². The molecule has 7 nitrogen and oxygen atoms in total. The third-order valence-electron chi connectivity index (χ3n) is 4.01. The number of nitrogens with one attached hydrogen (secondary N) is 1. The van der Waals surface area contributed by atoms with Gasteiger partial charge >= 0.3 is 6.09 Å². The van der Waals surface area contributed by atoms with Crippen molar-refractivity contribution in [3.8, 4) is 0 Å². The monoisotopic (exact) mass is 416 g/mol. The van der Waals surface area contributed by atoms with Gasteiger partial charge in [0.2, 0.25) is 5.91 Å². The van der Waals surface area contributed by atoms with Crippen LogP contribution in [0.2, 0.25) is 5.02 Å². The number of carbonyl (C=O) groups excluding carboxylic acids is 2. The van der Waals surface area contributed by atoms with E-state index in [1.807, 2.05) is 0 Å². The van der Waals surface area contributed by atoms with Crippen molar-refractivity contribution in [2.45, 2.75) is 50.2 Å². The Labute approximate surface area is 164 Å². The third kappa shape index (κ3) is 6.70. The number of rotatable bonds is 4. The van der Waals surface area contributed by atoms with Gasteiger partial charge in [-0.05, 0) is 57.9 Å². The van der Waals surface area contributed by atoms with Gasteiger partial charge in [0.05, 0.1) is 4.90 Å². The number of likely N-dealkylation sites (tertiary alicyclic amines) is 1. The van der Waals surface area contributed by atoms with Gasteiger partial charge in [-0.15, -0.1) is 0 Å². The molecule has 9 heteroatoms. The molecule has 1 saturated heterocycles. The molecule has 27 heavy (non-hydrogen) atoms. The normalized spacial score (nSPS) is 16.1. The average Bonchev–Trinajstić information content (AvgIpc) is 2.53. The fourth-order valence-electron chi connectivity index (χ4n) is 2.70. The quantitative estimate of drug-likeness (QED) is 0.814. The molecule has 1 aromatic carbocycles. The second-order valence-electron chi connectivity index (χ2n) is 7.52. The lowest BCUT2D eigenvalue weighted by atomic mass is 10.1. The van der Waals surface area contributed by atoms with Crippen LogP contribution in [-0.2, 0) is 19.4 Å². The van der Waals surface area contributed by atoms with Crippen LogP contribution in [0.25, 0.3) is 0 Å². The molecular formula is C18H25ClN2O5S. The molecule has 1 aromatic rings. The Balaban J connectivity index is 1.84. The highest BCUT2D eigenvalue weighted by Gasteiger charge is 2.28. The number of ether oxygens (including phenoxy) is 1. The van der Waals surface area contributed by atoms with Crippen molar-refractivity contribution in [2.24, 2.45) is 0 Å². The van der Waals surface area contributed by atoms with E-state index in [1.165, 1.54) is 24.3 Å². The van der Waals surface area contributed by atoms with Crippen molar-refractivity contribution in [3.63, 3.8) is 0 Å². The zero-order valence-corrected chi connectivity index (χ0v) is 17.3. The van der Waals surface area contributed by atoms with Gasteiger partial charge in [0.1, 0.15) is 11.4 Å². The van der Waals surface area contributed by atoms with Crippen LogP contribution in [0.3, 0.4) is 0 Å². The highest BCUT2D eigenvalue weighted by molar-refractivity contribution is 7.92. The van der Waals surface area contributed by atoms with Crippen molar-refractivity contribution in [3.05, 3.63) is 29.3 Å². The minimum atomic E-state index is -3.73. The van der Waals surface area contributed by atoms with Gasteiger partial charge in [0.15, 0.2) is 9.84 Å². The van der Waals surface area contributed by atoms with Crippen molar-refractivity contribution in [1.82, 2.24) is 10.2 Å². The maximum Gasteiger partial charge on any atom is 0.410 e. The molecule has 0 spiro atoms. The van der Waals surface area contributed by atoms with E-state index >= 15 is 0 Å². The third-order valence-corrected chi connectivity index (χ3v) is 5.89. The number of piperidine rings is 1. The summed E-state index contributed by atoms with van der Waals surface area (Å²) in [7, 11) is -3.73. The summed E-state index contributed by atoms with van der Waals surface area (Å²) in [6, 6.07) is 5.53. The standard InChI is InChI=1S/C18H25ClN2O5S/c1-18(2,3)26-17(23)21-10-8-14(9-11-21)20-16(22)12-27(24,25)15-6-4-13(19)5-7-15/h4-7,14H,8-12H2,1-3H3,(H,20,22). The van der Waals surface area contributed by atoms with Crippen LogP contribution >= 0.6 is 11.6 Å². The van der Waals surface area contributed by atoms with E-state index in [2.05, 4.69) is 5.32 Å². The number of hydrogen-bond acceptors (Lipinski definition) is 5. The van der Waals surface area contributed by atoms with Gasteiger partial charge in [0, 0.05) is 24.2 Å². The van der Waals surface area contributed by atoms with Gasteiger partial charge in [-0.2, -0.15) is 0 Å². The summed E-state index contributed by atoms with van der Waals surface area (Å²) in [5.74, 6) is -1.18. The minimum absolute atomic E-state index is 0.0572. The molecule has 2 rings (SSSR count). The van der Waals surface area contributed by atoms with Crippen molar-refractivity contribution in [2.75, 3.05) is 18.8 Å². The first-order valence-electron chi connectivity index (χ1n) is 8.72. The lowest BCUT2D eigenvalue weighted by molar-refractivity contribution is -0.119. The molecular weight excluding hydrogens is 392 g/mol. The molecule has 0 unspecified atom stereocenters. The summed E-state index contributed by atoms with van der Waals surface area (Å²) in [4.78, 5) is 25.8. The highest BCUT2D eigenvalue weighted by Crippen LogP contribution is 2.17. The highest BCUT2D eigenvalue weighted by atomic mass is 35.5. The number of sulfone groups is 1. The summed E-state index contributed by atoms with van der Waals surface area (Å²) in [5, 5.41) is 3.17. The number of hydrogen-bond donors (Lipinski definition) is 1. The maximum atomic E-state index is 12.3.